The number of hydrogen-bond acceptors (Lipinski definition) is 1. The summed E-state index contributed by atoms with van der Waals surface area (Å²) in [5.74, 6) is 0. The number of quaternary nitrogens is 1. The summed E-state index contributed by atoms with van der Waals surface area (Å²) in [4.78, 5) is 0. The molecule has 0 fully saturated rings. The van der Waals surface area contributed by atoms with Crippen LogP contribution in [0.1, 0.15) is 130 Å². The van der Waals surface area contributed by atoms with E-state index in [1.54, 1.807) is 0 Å². The van der Waals surface area contributed by atoms with Crippen LogP contribution in [-0.4, -0.2) is 29.5 Å². The summed E-state index contributed by atoms with van der Waals surface area (Å²) in [6, 6.07) is 0. The number of rotatable bonds is 20. The van der Waals surface area contributed by atoms with Crippen LogP contribution < -0.4 is 12.4 Å². The predicted octanol–water partition coefficient (Wildman–Crippen LogP) is 4.89. The molecule has 0 saturated heterocycles. The van der Waals surface area contributed by atoms with Crippen LogP contribution >= 0.6 is 0 Å². The van der Waals surface area contributed by atoms with Crippen LogP contribution in [0.5, 0.6) is 0 Å². The van der Waals surface area contributed by atoms with Crippen molar-refractivity contribution < 1.29 is 22.3 Å². The first kappa shape index (κ1) is 28.4. The van der Waals surface area contributed by atoms with Crippen LogP contribution in [0.3, 0.4) is 0 Å². The van der Waals surface area contributed by atoms with E-state index in [2.05, 4.69) is 20.8 Å². The van der Waals surface area contributed by atoms with Crippen LogP contribution in [0.15, 0.2) is 0 Å². The summed E-state index contributed by atoms with van der Waals surface area (Å²) in [6.07, 6.45) is 24.0. The van der Waals surface area contributed by atoms with Crippen molar-refractivity contribution in [2.45, 2.75) is 130 Å². The lowest BCUT2D eigenvalue weighted by atomic mass is 10.0. The molecule has 0 aliphatic heterocycles. The topological polar surface area (TPSA) is 20.2 Å². The molecule has 26 heavy (non-hydrogen) atoms. The van der Waals surface area contributed by atoms with Gasteiger partial charge in [-0.05, 0) is 26.7 Å². The molecular formula is C23H50ClNO. The molecule has 0 spiro atoms. The number of halogens is 1. The van der Waals surface area contributed by atoms with Gasteiger partial charge in [0.25, 0.3) is 0 Å². The largest absolute Gasteiger partial charge is 1.00 e. The zero-order valence-electron chi connectivity index (χ0n) is 18.4. The van der Waals surface area contributed by atoms with Gasteiger partial charge in [-0.25, -0.2) is 5.21 Å². The lowest BCUT2D eigenvalue weighted by molar-refractivity contribution is -1.10. The summed E-state index contributed by atoms with van der Waals surface area (Å²) in [5, 5.41) is 10.2. The van der Waals surface area contributed by atoms with Crippen LogP contribution in [0.2, 0.25) is 0 Å². The van der Waals surface area contributed by atoms with Gasteiger partial charge >= 0.3 is 0 Å². The van der Waals surface area contributed by atoms with Gasteiger partial charge in [0, 0.05) is 0 Å². The molecule has 0 amide bonds. The third kappa shape index (κ3) is 19.0. The zero-order chi connectivity index (χ0) is 18.6. The fourth-order valence-corrected chi connectivity index (χ4v) is 3.67. The molecule has 0 rings (SSSR count). The molecule has 0 aromatic heterocycles. The Bertz CT molecular complexity index is 257. The fourth-order valence-electron chi connectivity index (χ4n) is 3.67. The van der Waals surface area contributed by atoms with Crippen molar-refractivity contribution in [3.8, 4) is 0 Å². The second-order valence-electron chi connectivity index (χ2n) is 8.11. The van der Waals surface area contributed by atoms with E-state index in [0.29, 0.717) is 0 Å². The van der Waals surface area contributed by atoms with Gasteiger partial charge in [-0.15, -0.1) is 0 Å². The van der Waals surface area contributed by atoms with Gasteiger partial charge in [0.2, 0.25) is 0 Å². The van der Waals surface area contributed by atoms with Crippen molar-refractivity contribution in [1.82, 2.24) is 0 Å². The Kier molecular flexibility index (Phi) is 23.5. The maximum Gasteiger partial charge on any atom is 0.109 e. The van der Waals surface area contributed by atoms with E-state index in [9.17, 15) is 5.21 Å². The van der Waals surface area contributed by atoms with Gasteiger partial charge in [-0.3, -0.25) is 0 Å². The number of nitrogens with zero attached hydrogens (tertiary/aromatic N) is 1. The van der Waals surface area contributed by atoms with Crippen LogP contribution in [0.25, 0.3) is 0 Å². The number of hydroxylamine groups is 3. The molecule has 0 saturated carbocycles. The molecule has 0 aliphatic rings. The lowest BCUT2D eigenvalue weighted by Crippen LogP contribution is -3.00. The highest BCUT2D eigenvalue weighted by Gasteiger charge is 2.18. The van der Waals surface area contributed by atoms with E-state index in [1.165, 1.54) is 109 Å². The monoisotopic (exact) mass is 391 g/mol. The summed E-state index contributed by atoms with van der Waals surface area (Å²) in [6.45, 7) is 9.07. The Morgan fingerprint density at radius 3 is 1.00 bits per heavy atom. The molecule has 0 radical (unpaired) electrons. The van der Waals surface area contributed by atoms with Crippen molar-refractivity contribution in [3.05, 3.63) is 0 Å². The minimum atomic E-state index is 0. The molecule has 1 N–H and O–H groups in total. The van der Waals surface area contributed by atoms with Crippen molar-refractivity contribution in [2.75, 3.05) is 19.6 Å². The first-order valence-electron chi connectivity index (χ1n) is 11.8. The molecule has 3 heteroatoms. The van der Waals surface area contributed by atoms with E-state index in [-0.39, 0.29) is 17.1 Å². The molecular weight excluding hydrogens is 342 g/mol. The van der Waals surface area contributed by atoms with Gasteiger partial charge in [0.15, 0.2) is 0 Å². The van der Waals surface area contributed by atoms with E-state index in [4.69, 9.17) is 0 Å². The lowest BCUT2D eigenvalue weighted by Gasteiger charge is -2.27. The summed E-state index contributed by atoms with van der Waals surface area (Å²) in [7, 11) is 0. The number of unbranched alkanes of at least 4 members (excludes halogenated alkanes) is 16. The molecule has 0 aromatic rings. The van der Waals surface area contributed by atoms with E-state index < -0.39 is 0 Å². The predicted molar refractivity (Wildman–Crippen MR) is 112 cm³/mol. The second kappa shape index (κ2) is 21.5. The average molecular weight is 392 g/mol. The molecule has 0 heterocycles. The minimum Gasteiger partial charge on any atom is -1.00 e. The van der Waals surface area contributed by atoms with E-state index in [0.717, 1.165) is 19.6 Å². The molecule has 2 nitrogen and oxygen atoms in total. The Balaban J connectivity index is 0. The first-order valence-corrected chi connectivity index (χ1v) is 11.8. The third-order valence-corrected chi connectivity index (χ3v) is 5.86. The Labute approximate surface area is 172 Å². The second-order valence-corrected chi connectivity index (χ2v) is 8.11. The smallest absolute Gasteiger partial charge is 0.109 e. The molecule has 0 unspecified atom stereocenters. The van der Waals surface area contributed by atoms with Crippen molar-refractivity contribution >= 4 is 0 Å². The SMILES string of the molecule is CCCCCCCCCCCCCCCCCCC[N+](O)(CC)CC.[Cl-]. The maximum absolute atomic E-state index is 10.2. The first-order chi connectivity index (χ1) is 12.2. The number of hydrogen-bond donors (Lipinski definition) is 1. The van der Waals surface area contributed by atoms with Crippen LogP contribution in [0, 0.1) is 0 Å². The van der Waals surface area contributed by atoms with Crippen LogP contribution in [0.4, 0.5) is 0 Å². The minimum absolute atomic E-state index is 0. The summed E-state index contributed by atoms with van der Waals surface area (Å²) >= 11 is 0. The Morgan fingerprint density at radius 2 is 0.731 bits per heavy atom. The highest BCUT2D eigenvalue weighted by molar-refractivity contribution is 4.50. The molecule has 0 atom stereocenters. The highest BCUT2D eigenvalue weighted by Crippen LogP contribution is 2.14. The van der Waals surface area contributed by atoms with Crippen LogP contribution in [-0.2, 0) is 0 Å². The van der Waals surface area contributed by atoms with E-state index >= 15 is 0 Å². The fraction of sp³-hybridized carbons (Fsp3) is 1.00. The highest BCUT2D eigenvalue weighted by atomic mass is 35.5. The zero-order valence-corrected chi connectivity index (χ0v) is 19.2. The standard InChI is InChI=1S/C23H50NO.ClH/c1-4-7-8-9-10-11-12-13-14-15-16-17-18-19-20-21-22-23-24(25,5-2)6-3;/h25H,4-23H2,1-3H3;1H/q+1;/p-1. The van der Waals surface area contributed by atoms with Crippen molar-refractivity contribution in [2.24, 2.45) is 0 Å². The van der Waals surface area contributed by atoms with Crippen molar-refractivity contribution in [3.63, 3.8) is 0 Å². The summed E-state index contributed by atoms with van der Waals surface area (Å²) < 4.78 is 0.263. The quantitative estimate of drug-likeness (QED) is 0.178. The molecule has 160 valence electrons. The molecule has 0 bridgehead atoms. The van der Waals surface area contributed by atoms with Gasteiger partial charge in [0.05, 0.1) is 0 Å². The van der Waals surface area contributed by atoms with Crippen molar-refractivity contribution in [1.29, 1.82) is 0 Å². The maximum atomic E-state index is 10.2. The molecule has 0 aromatic carbocycles. The molecule has 0 aliphatic carbocycles. The van der Waals surface area contributed by atoms with E-state index in [1.807, 2.05) is 0 Å². The van der Waals surface area contributed by atoms with Gasteiger partial charge in [0.1, 0.15) is 19.6 Å². The van der Waals surface area contributed by atoms with Gasteiger partial charge in [-0.2, -0.15) is 4.65 Å². The normalized spacial score (nSPS) is 11.5. The van der Waals surface area contributed by atoms with Gasteiger partial charge in [-0.1, -0.05) is 103 Å². The average Bonchev–Trinajstić information content (AvgIpc) is 2.64. The third-order valence-electron chi connectivity index (χ3n) is 5.86. The Hall–Kier alpha value is 0.210. The Morgan fingerprint density at radius 1 is 0.462 bits per heavy atom. The summed E-state index contributed by atoms with van der Waals surface area (Å²) in [5.41, 5.74) is 0. The van der Waals surface area contributed by atoms with Gasteiger partial charge < -0.3 is 12.4 Å².